The average Bonchev–Trinajstić information content (AvgIpc) is 2.84. The zero-order valence-electron chi connectivity index (χ0n) is 10.9. The third kappa shape index (κ3) is 2.34. The van der Waals surface area contributed by atoms with E-state index in [-0.39, 0.29) is 23.2 Å². The van der Waals surface area contributed by atoms with Crippen LogP contribution < -0.4 is 10.6 Å². The molecule has 6 heteroatoms. The lowest BCUT2D eigenvalue weighted by atomic mass is 10.0. The van der Waals surface area contributed by atoms with Crippen LogP contribution in [0.2, 0.25) is 5.02 Å². The number of para-hydroxylation sites is 1. The molecule has 1 unspecified atom stereocenters. The Kier molecular flexibility index (Phi) is 3.51. The van der Waals surface area contributed by atoms with E-state index in [9.17, 15) is 8.78 Å². The Labute approximate surface area is 125 Å². The summed E-state index contributed by atoms with van der Waals surface area (Å²) in [5, 5.41) is 0.0199. The molecule has 0 amide bonds. The fourth-order valence-electron chi connectivity index (χ4n) is 2.45. The van der Waals surface area contributed by atoms with E-state index < -0.39 is 17.7 Å². The molecule has 0 aromatic heterocycles. The standard InChI is InChI=1S/C15H12ClF2N3/c16-10-5-3-4-9(14(10)18)13-8-20-15(19)21(13)12-7-2-1-6-11(12)17/h1-7,13H,8H2,(H2,19,20). The number of hydrogen-bond acceptors (Lipinski definition) is 3. The maximum absolute atomic E-state index is 14.2. The zero-order chi connectivity index (χ0) is 15.0. The molecule has 3 nitrogen and oxygen atoms in total. The van der Waals surface area contributed by atoms with Crippen LogP contribution in [0.1, 0.15) is 11.6 Å². The van der Waals surface area contributed by atoms with Gasteiger partial charge in [-0.05, 0) is 18.2 Å². The molecule has 0 saturated heterocycles. The number of anilines is 1. The Balaban J connectivity index is 2.08. The Morgan fingerprint density at radius 2 is 1.90 bits per heavy atom. The minimum absolute atomic E-state index is 0.0199. The van der Waals surface area contributed by atoms with Crippen LogP contribution in [0.5, 0.6) is 0 Å². The smallest absolute Gasteiger partial charge is 0.196 e. The van der Waals surface area contributed by atoms with Crippen LogP contribution in [0.4, 0.5) is 14.5 Å². The summed E-state index contributed by atoms with van der Waals surface area (Å²) in [5.74, 6) is -0.815. The van der Waals surface area contributed by atoms with Crippen LogP contribution in [0.25, 0.3) is 0 Å². The van der Waals surface area contributed by atoms with E-state index in [0.29, 0.717) is 5.56 Å². The van der Waals surface area contributed by atoms with E-state index in [1.54, 1.807) is 30.3 Å². The van der Waals surface area contributed by atoms with Gasteiger partial charge in [-0.15, -0.1) is 0 Å². The van der Waals surface area contributed by atoms with Gasteiger partial charge in [-0.1, -0.05) is 35.9 Å². The first-order valence-electron chi connectivity index (χ1n) is 6.37. The van der Waals surface area contributed by atoms with Crippen molar-refractivity contribution in [1.82, 2.24) is 0 Å². The van der Waals surface area contributed by atoms with Crippen molar-refractivity contribution >= 4 is 23.2 Å². The van der Waals surface area contributed by atoms with Crippen LogP contribution in [0.15, 0.2) is 47.5 Å². The highest BCUT2D eigenvalue weighted by atomic mass is 35.5. The Bertz CT molecular complexity index is 718. The summed E-state index contributed by atoms with van der Waals surface area (Å²) in [6.07, 6.45) is 0. The molecule has 1 aliphatic rings. The highest BCUT2D eigenvalue weighted by Gasteiger charge is 2.32. The van der Waals surface area contributed by atoms with Gasteiger partial charge in [-0.25, -0.2) is 8.78 Å². The average molecular weight is 308 g/mol. The lowest BCUT2D eigenvalue weighted by Crippen LogP contribution is -2.37. The Morgan fingerprint density at radius 3 is 2.67 bits per heavy atom. The third-order valence-electron chi connectivity index (χ3n) is 3.44. The van der Waals surface area contributed by atoms with Gasteiger partial charge in [0.15, 0.2) is 5.96 Å². The van der Waals surface area contributed by atoms with Gasteiger partial charge in [0.25, 0.3) is 0 Å². The van der Waals surface area contributed by atoms with Crippen molar-refractivity contribution < 1.29 is 8.78 Å². The van der Waals surface area contributed by atoms with Crippen LogP contribution in [-0.4, -0.2) is 12.5 Å². The summed E-state index contributed by atoms with van der Waals surface area (Å²) in [7, 11) is 0. The van der Waals surface area contributed by atoms with Crippen LogP contribution in [0.3, 0.4) is 0 Å². The first-order chi connectivity index (χ1) is 10.1. The molecule has 0 spiro atoms. The predicted molar refractivity (Wildman–Crippen MR) is 79.5 cm³/mol. The first-order valence-corrected chi connectivity index (χ1v) is 6.75. The van der Waals surface area contributed by atoms with Gasteiger partial charge in [0.1, 0.15) is 11.6 Å². The molecule has 0 radical (unpaired) electrons. The molecule has 0 bridgehead atoms. The van der Waals surface area contributed by atoms with Crippen molar-refractivity contribution in [3.05, 3.63) is 64.7 Å². The zero-order valence-corrected chi connectivity index (χ0v) is 11.7. The summed E-state index contributed by atoms with van der Waals surface area (Å²) in [5.41, 5.74) is 6.46. The molecule has 1 heterocycles. The lowest BCUT2D eigenvalue weighted by Gasteiger charge is -2.27. The van der Waals surface area contributed by atoms with Crippen LogP contribution in [0, 0.1) is 11.6 Å². The van der Waals surface area contributed by atoms with Gasteiger partial charge < -0.3 is 10.6 Å². The summed E-state index contributed by atoms with van der Waals surface area (Å²) in [4.78, 5) is 5.60. The molecule has 2 N–H and O–H groups in total. The quantitative estimate of drug-likeness (QED) is 0.922. The SMILES string of the molecule is NC1=NCC(c2cccc(Cl)c2F)N1c1ccccc1F. The number of rotatable bonds is 2. The van der Waals surface area contributed by atoms with E-state index in [0.717, 1.165) is 0 Å². The van der Waals surface area contributed by atoms with Crippen molar-refractivity contribution in [2.45, 2.75) is 6.04 Å². The van der Waals surface area contributed by atoms with Crippen LogP contribution in [-0.2, 0) is 0 Å². The predicted octanol–water partition coefficient (Wildman–Crippen LogP) is 3.49. The summed E-state index contributed by atoms with van der Waals surface area (Å²) in [6.45, 7) is 0.247. The fourth-order valence-corrected chi connectivity index (χ4v) is 2.63. The minimum Gasteiger partial charge on any atom is -0.369 e. The van der Waals surface area contributed by atoms with Crippen molar-refractivity contribution in [1.29, 1.82) is 0 Å². The first kappa shape index (κ1) is 13.8. The third-order valence-corrected chi connectivity index (χ3v) is 3.73. The normalized spacial score (nSPS) is 18.0. The topological polar surface area (TPSA) is 41.6 Å². The molecule has 2 aromatic rings. The molecule has 21 heavy (non-hydrogen) atoms. The van der Waals surface area contributed by atoms with Crippen molar-refractivity contribution in [2.24, 2.45) is 10.7 Å². The second kappa shape index (κ2) is 5.33. The van der Waals surface area contributed by atoms with E-state index >= 15 is 0 Å². The van der Waals surface area contributed by atoms with Gasteiger partial charge >= 0.3 is 0 Å². The largest absolute Gasteiger partial charge is 0.369 e. The molecule has 108 valence electrons. The van der Waals surface area contributed by atoms with E-state index in [2.05, 4.69) is 4.99 Å². The fraction of sp³-hybridized carbons (Fsp3) is 0.133. The molecule has 0 fully saturated rings. The van der Waals surface area contributed by atoms with Gasteiger partial charge in [0, 0.05) is 5.56 Å². The van der Waals surface area contributed by atoms with E-state index in [1.807, 2.05) is 0 Å². The van der Waals surface area contributed by atoms with E-state index in [1.165, 1.54) is 17.0 Å². The molecular formula is C15H12ClF2N3. The maximum Gasteiger partial charge on any atom is 0.196 e. The number of hydrogen-bond donors (Lipinski definition) is 1. The number of halogens is 3. The van der Waals surface area contributed by atoms with Crippen molar-refractivity contribution in [3.63, 3.8) is 0 Å². The van der Waals surface area contributed by atoms with Gasteiger partial charge in [-0.2, -0.15) is 0 Å². The highest BCUT2D eigenvalue weighted by molar-refractivity contribution is 6.30. The Morgan fingerprint density at radius 1 is 1.14 bits per heavy atom. The molecule has 3 rings (SSSR count). The molecule has 0 saturated carbocycles. The monoisotopic (exact) mass is 307 g/mol. The summed E-state index contributed by atoms with van der Waals surface area (Å²) in [6, 6.07) is 10.4. The number of benzene rings is 2. The minimum atomic E-state index is -0.532. The van der Waals surface area contributed by atoms with Crippen molar-refractivity contribution in [2.75, 3.05) is 11.4 Å². The van der Waals surface area contributed by atoms with Gasteiger partial charge in [-0.3, -0.25) is 4.99 Å². The lowest BCUT2D eigenvalue weighted by molar-refractivity contribution is 0.583. The molecule has 2 aromatic carbocycles. The molecular weight excluding hydrogens is 296 g/mol. The Hall–Kier alpha value is -2.14. The number of guanidine groups is 1. The summed E-state index contributed by atoms with van der Waals surface area (Å²) < 4.78 is 28.2. The molecule has 0 aliphatic carbocycles. The summed E-state index contributed by atoms with van der Waals surface area (Å²) >= 11 is 5.82. The van der Waals surface area contributed by atoms with Crippen molar-refractivity contribution in [3.8, 4) is 0 Å². The molecule has 1 aliphatic heterocycles. The number of nitrogens with two attached hydrogens (primary N) is 1. The van der Waals surface area contributed by atoms with Crippen LogP contribution >= 0.6 is 11.6 Å². The molecule has 1 atom stereocenters. The van der Waals surface area contributed by atoms with E-state index in [4.69, 9.17) is 17.3 Å². The maximum atomic E-state index is 14.2. The second-order valence-corrected chi connectivity index (χ2v) is 5.09. The number of aliphatic imine (C=N–C) groups is 1. The second-order valence-electron chi connectivity index (χ2n) is 4.68. The van der Waals surface area contributed by atoms with Gasteiger partial charge in [0.2, 0.25) is 0 Å². The highest BCUT2D eigenvalue weighted by Crippen LogP contribution is 2.35. The van der Waals surface area contributed by atoms with Gasteiger partial charge in [0.05, 0.1) is 23.3 Å². The number of nitrogens with zero attached hydrogens (tertiary/aromatic N) is 2.